The van der Waals surface area contributed by atoms with E-state index in [2.05, 4.69) is 5.32 Å². The molecule has 0 saturated heterocycles. The average Bonchev–Trinajstić information content (AvgIpc) is 3.08. The topological polar surface area (TPSA) is 83.6 Å². The van der Waals surface area contributed by atoms with Crippen molar-refractivity contribution in [2.45, 2.75) is 50.7 Å². The molecule has 3 rings (SSSR count). The van der Waals surface area contributed by atoms with Crippen LogP contribution in [0.5, 0.6) is 0 Å². The lowest BCUT2D eigenvalue weighted by molar-refractivity contribution is -0.117. The van der Waals surface area contributed by atoms with Gasteiger partial charge in [0.25, 0.3) is 0 Å². The average molecular weight is 415 g/mol. The standard InChI is InChI=1S/C22H26N2O4S/c1-14-5-6-15(2)20(11-14)23-22(26)12-16(3)29(27,28)19-7-8-21-18(13-19)9-10-24(21)17(4)25/h5-8,11,13,16H,9-10,12H2,1-4H3,(H,23,26). The van der Waals surface area contributed by atoms with Crippen LogP contribution in [-0.4, -0.2) is 32.0 Å². The van der Waals surface area contributed by atoms with Crippen LogP contribution in [0.25, 0.3) is 0 Å². The molecule has 1 atom stereocenters. The lowest BCUT2D eigenvalue weighted by atomic mass is 10.1. The number of nitrogens with zero attached hydrogens (tertiary/aromatic N) is 1. The molecule has 1 N–H and O–H groups in total. The Morgan fingerprint density at radius 2 is 1.86 bits per heavy atom. The Morgan fingerprint density at radius 3 is 2.55 bits per heavy atom. The summed E-state index contributed by atoms with van der Waals surface area (Å²) >= 11 is 0. The molecule has 0 saturated carbocycles. The van der Waals surface area contributed by atoms with Crippen LogP contribution in [-0.2, 0) is 25.8 Å². The predicted octanol–water partition coefficient (Wildman–Crippen LogP) is 3.40. The number of benzene rings is 2. The summed E-state index contributed by atoms with van der Waals surface area (Å²) in [5, 5.41) is 1.95. The van der Waals surface area contributed by atoms with Crippen molar-refractivity contribution in [2.24, 2.45) is 0 Å². The van der Waals surface area contributed by atoms with Crippen molar-refractivity contribution in [3.8, 4) is 0 Å². The molecular formula is C22H26N2O4S. The van der Waals surface area contributed by atoms with Gasteiger partial charge in [-0.05, 0) is 68.1 Å². The van der Waals surface area contributed by atoms with Gasteiger partial charge in [-0.15, -0.1) is 0 Å². The Balaban J connectivity index is 1.75. The number of sulfone groups is 1. The smallest absolute Gasteiger partial charge is 0.225 e. The molecule has 2 amide bonds. The maximum Gasteiger partial charge on any atom is 0.225 e. The first kappa shape index (κ1) is 21.0. The summed E-state index contributed by atoms with van der Waals surface area (Å²) in [6.07, 6.45) is 0.492. The third-order valence-corrected chi connectivity index (χ3v) is 7.46. The van der Waals surface area contributed by atoms with Crippen molar-refractivity contribution in [3.05, 3.63) is 53.1 Å². The van der Waals surface area contributed by atoms with E-state index in [1.165, 1.54) is 13.0 Å². The molecule has 154 valence electrons. The summed E-state index contributed by atoms with van der Waals surface area (Å²) in [5.74, 6) is -0.394. The van der Waals surface area contributed by atoms with Crippen molar-refractivity contribution in [2.75, 3.05) is 16.8 Å². The first-order chi connectivity index (χ1) is 13.6. The van der Waals surface area contributed by atoms with Crippen LogP contribution >= 0.6 is 0 Å². The summed E-state index contributed by atoms with van der Waals surface area (Å²) in [4.78, 5) is 26.0. The number of nitrogens with one attached hydrogen (secondary N) is 1. The lowest BCUT2D eigenvalue weighted by Gasteiger charge is -2.17. The summed E-state index contributed by atoms with van der Waals surface area (Å²) < 4.78 is 26.0. The molecule has 1 aliphatic heterocycles. The maximum atomic E-state index is 13.0. The molecule has 2 aromatic carbocycles. The van der Waals surface area contributed by atoms with Crippen LogP contribution in [0.1, 0.15) is 37.0 Å². The van der Waals surface area contributed by atoms with E-state index in [0.29, 0.717) is 18.7 Å². The number of rotatable bonds is 5. The highest BCUT2D eigenvalue weighted by Crippen LogP contribution is 2.31. The maximum absolute atomic E-state index is 13.0. The molecule has 1 heterocycles. The molecule has 29 heavy (non-hydrogen) atoms. The molecule has 6 nitrogen and oxygen atoms in total. The van der Waals surface area contributed by atoms with Crippen molar-refractivity contribution in [1.82, 2.24) is 0 Å². The van der Waals surface area contributed by atoms with Gasteiger partial charge in [0.05, 0.1) is 10.1 Å². The van der Waals surface area contributed by atoms with E-state index >= 15 is 0 Å². The third-order valence-electron chi connectivity index (χ3n) is 5.32. The molecular weight excluding hydrogens is 388 g/mol. The van der Waals surface area contributed by atoms with E-state index in [0.717, 1.165) is 22.4 Å². The highest BCUT2D eigenvalue weighted by molar-refractivity contribution is 7.92. The Kier molecular flexibility index (Phi) is 5.80. The van der Waals surface area contributed by atoms with Crippen molar-refractivity contribution in [1.29, 1.82) is 0 Å². The van der Waals surface area contributed by atoms with Crippen LogP contribution in [0.2, 0.25) is 0 Å². The Bertz CT molecular complexity index is 1080. The van der Waals surface area contributed by atoms with Gasteiger partial charge >= 0.3 is 0 Å². The second kappa shape index (κ2) is 7.99. The number of hydrogen-bond acceptors (Lipinski definition) is 4. The van der Waals surface area contributed by atoms with Gasteiger partial charge in [-0.3, -0.25) is 9.59 Å². The summed E-state index contributed by atoms with van der Waals surface area (Å²) in [5.41, 5.74) is 4.24. The minimum Gasteiger partial charge on any atom is -0.326 e. The molecule has 7 heteroatoms. The molecule has 0 radical (unpaired) electrons. The van der Waals surface area contributed by atoms with E-state index in [9.17, 15) is 18.0 Å². The van der Waals surface area contributed by atoms with Crippen LogP contribution in [0.4, 0.5) is 11.4 Å². The molecule has 1 unspecified atom stereocenters. The zero-order chi connectivity index (χ0) is 21.3. The highest BCUT2D eigenvalue weighted by atomic mass is 32.2. The zero-order valence-corrected chi connectivity index (χ0v) is 18.0. The molecule has 0 aliphatic carbocycles. The fourth-order valence-electron chi connectivity index (χ4n) is 3.56. The van der Waals surface area contributed by atoms with Crippen LogP contribution in [0, 0.1) is 13.8 Å². The molecule has 1 aliphatic rings. The summed E-state index contributed by atoms with van der Waals surface area (Å²) in [7, 11) is -3.67. The van der Waals surface area contributed by atoms with Gasteiger partial charge < -0.3 is 10.2 Å². The Hall–Kier alpha value is -2.67. The van der Waals surface area contributed by atoms with Crippen molar-refractivity contribution in [3.63, 3.8) is 0 Å². The SMILES string of the molecule is CC(=O)N1CCc2cc(S(=O)(=O)C(C)CC(=O)Nc3cc(C)ccc3C)ccc21. The number of anilines is 2. The largest absolute Gasteiger partial charge is 0.326 e. The monoisotopic (exact) mass is 414 g/mol. The van der Waals surface area contributed by atoms with E-state index in [-0.39, 0.29) is 23.1 Å². The van der Waals surface area contributed by atoms with Crippen LogP contribution < -0.4 is 10.2 Å². The van der Waals surface area contributed by atoms with Crippen molar-refractivity contribution >= 4 is 33.0 Å². The van der Waals surface area contributed by atoms with E-state index in [4.69, 9.17) is 0 Å². The number of carbonyl (C=O) groups excluding carboxylic acids is 2. The lowest BCUT2D eigenvalue weighted by Crippen LogP contribution is -2.26. The van der Waals surface area contributed by atoms with E-state index < -0.39 is 15.1 Å². The minimum absolute atomic E-state index is 0.0594. The number of fused-ring (bicyclic) bond motifs is 1. The van der Waals surface area contributed by atoms with Crippen LogP contribution in [0.15, 0.2) is 41.3 Å². The summed E-state index contributed by atoms with van der Waals surface area (Å²) in [6.45, 7) is 7.43. The Labute approximate surface area is 171 Å². The second-order valence-corrected chi connectivity index (χ2v) is 10.0. The van der Waals surface area contributed by atoms with Gasteiger partial charge in [-0.1, -0.05) is 12.1 Å². The third kappa shape index (κ3) is 4.34. The molecule has 0 fully saturated rings. The van der Waals surface area contributed by atoms with E-state index in [1.807, 2.05) is 32.0 Å². The predicted molar refractivity (Wildman–Crippen MR) is 114 cm³/mol. The van der Waals surface area contributed by atoms with E-state index in [1.54, 1.807) is 24.0 Å². The number of carbonyl (C=O) groups is 2. The van der Waals surface area contributed by atoms with Gasteiger partial charge in [0.15, 0.2) is 9.84 Å². The second-order valence-electron chi connectivity index (χ2n) is 7.64. The van der Waals surface area contributed by atoms with Gasteiger partial charge in [0, 0.05) is 31.3 Å². The van der Waals surface area contributed by atoms with Gasteiger partial charge in [-0.25, -0.2) is 8.42 Å². The number of hydrogen-bond donors (Lipinski definition) is 1. The molecule has 0 spiro atoms. The summed E-state index contributed by atoms with van der Waals surface area (Å²) in [6, 6.07) is 10.6. The van der Waals surface area contributed by atoms with Gasteiger partial charge in [0.2, 0.25) is 11.8 Å². The molecule has 0 aromatic heterocycles. The van der Waals surface area contributed by atoms with Gasteiger partial charge in [-0.2, -0.15) is 0 Å². The number of aryl methyl sites for hydroxylation is 2. The van der Waals surface area contributed by atoms with Gasteiger partial charge in [0.1, 0.15) is 0 Å². The quantitative estimate of drug-likeness (QED) is 0.813. The minimum atomic E-state index is -3.67. The Morgan fingerprint density at radius 1 is 1.14 bits per heavy atom. The molecule has 2 aromatic rings. The normalized spacial score (nSPS) is 14.4. The number of amides is 2. The van der Waals surface area contributed by atoms with Crippen LogP contribution in [0.3, 0.4) is 0 Å². The van der Waals surface area contributed by atoms with Crippen molar-refractivity contribution < 1.29 is 18.0 Å². The fraction of sp³-hybridized carbons (Fsp3) is 0.364. The first-order valence-corrected chi connectivity index (χ1v) is 11.2. The molecule has 0 bridgehead atoms. The first-order valence-electron chi connectivity index (χ1n) is 9.61. The fourth-order valence-corrected chi connectivity index (χ4v) is 4.96. The highest BCUT2D eigenvalue weighted by Gasteiger charge is 2.29. The zero-order valence-electron chi connectivity index (χ0n) is 17.2.